The second-order valence-corrected chi connectivity index (χ2v) is 5.42. The lowest BCUT2D eigenvalue weighted by atomic mass is 10.2. The Morgan fingerprint density at radius 2 is 2.13 bits per heavy atom. The van der Waals surface area contributed by atoms with Gasteiger partial charge in [0, 0.05) is 13.1 Å². The van der Waals surface area contributed by atoms with E-state index in [1.807, 2.05) is 0 Å². The van der Waals surface area contributed by atoms with Crippen molar-refractivity contribution in [3.8, 4) is 5.75 Å². The smallest absolute Gasteiger partial charge is 0.387 e. The molecule has 1 aromatic heterocycles. The number of amides is 1. The highest BCUT2D eigenvalue weighted by Gasteiger charge is 2.06. The van der Waals surface area contributed by atoms with Crippen molar-refractivity contribution in [3.63, 3.8) is 0 Å². The highest BCUT2D eigenvalue weighted by molar-refractivity contribution is 9.10. The molecule has 0 bridgehead atoms. The molecule has 8 heteroatoms. The van der Waals surface area contributed by atoms with Crippen LogP contribution in [0.25, 0.3) is 6.08 Å². The summed E-state index contributed by atoms with van der Waals surface area (Å²) in [4.78, 5) is 11.8. The van der Waals surface area contributed by atoms with E-state index in [-0.39, 0.29) is 11.7 Å². The summed E-state index contributed by atoms with van der Waals surface area (Å²) in [6.45, 7) is -2.52. The molecule has 0 saturated carbocycles. The minimum absolute atomic E-state index is 0.0719. The number of hydrogen-bond acceptors (Lipinski definition) is 3. The summed E-state index contributed by atoms with van der Waals surface area (Å²) in [7, 11) is 1.78. The number of benzene rings is 1. The van der Waals surface area contributed by atoms with E-state index >= 15 is 0 Å². The quantitative estimate of drug-likeness (QED) is 0.777. The fourth-order valence-corrected chi connectivity index (χ4v) is 2.29. The molecule has 23 heavy (non-hydrogen) atoms. The van der Waals surface area contributed by atoms with Crippen LogP contribution in [0.3, 0.4) is 0 Å². The van der Waals surface area contributed by atoms with Crippen LogP contribution in [0.5, 0.6) is 5.75 Å². The predicted molar refractivity (Wildman–Crippen MR) is 84.9 cm³/mol. The molecule has 1 heterocycles. The largest absolute Gasteiger partial charge is 0.435 e. The molecule has 1 amide bonds. The summed E-state index contributed by atoms with van der Waals surface area (Å²) >= 11 is 3.35. The number of aromatic nitrogens is 2. The second-order valence-electron chi connectivity index (χ2n) is 4.56. The van der Waals surface area contributed by atoms with Gasteiger partial charge in [0.2, 0.25) is 5.91 Å². The average molecular weight is 386 g/mol. The minimum Gasteiger partial charge on any atom is -0.435 e. The minimum atomic E-state index is -2.85. The molecule has 1 N–H and O–H groups in total. The molecule has 1 aromatic carbocycles. The van der Waals surface area contributed by atoms with E-state index in [9.17, 15) is 13.6 Å². The van der Waals surface area contributed by atoms with Gasteiger partial charge in [0.1, 0.15) is 5.75 Å². The number of ether oxygens (including phenoxy) is 1. The Labute approximate surface area is 140 Å². The number of hydrogen-bond donors (Lipinski definition) is 1. The summed E-state index contributed by atoms with van der Waals surface area (Å²) < 4.78 is 30.8. The van der Waals surface area contributed by atoms with Gasteiger partial charge in [-0.3, -0.25) is 9.48 Å². The van der Waals surface area contributed by atoms with Gasteiger partial charge in [0.25, 0.3) is 0 Å². The normalized spacial score (nSPS) is 11.2. The fraction of sp³-hybridized carbons (Fsp3) is 0.200. The van der Waals surface area contributed by atoms with Gasteiger partial charge in [-0.25, -0.2) is 0 Å². The first-order valence-electron chi connectivity index (χ1n) is 6.63. The molecule has 5 nitrogen and oxygen atoms in total. The molecule has 0 aliphatic heterocycles. The molecule has 0 radical (unpaired) electrons. The van der Waals surface area contributed by atoms with E-state index < -0.39 is 6.61 Å². The van der Waals surface area contributed by atoms with E-state index in [4.69, 9.17) is 0 Å². The van der Waals surface area contributed by atoms with Gasteiger partial charge in [0.15, 0.2) is 0 Å². The van der Waals surface area contributed by atoms with Crippen molar-refractivity contribution >= 4 is 27.9 Å². The summed E-state index contributed by atoms with van der Waals surface area (Å²) in [5, 5.41) is 6.79. The number of rotatable bonds is 6. The van der Waals surface area contributed by atoms with Crippen LogP contribution < -0.4 is 10.1 Å². The number of carbonyl (C=O) groups excluding carboxylic acids is 1. The lowest BCUT2D eigenvalue weighted by Crippen LogP contribution is -2.22. The third kappa shape index (κ3) is 5.17. The first-order chi connectivity index (χ1) is 11.0. The summed E-state index contributed by atoms with van der Waals surface area (Å²) in [6.07, 6.45) is 4.60. The zero-order valence-electron chi connectivity index (χ0n) is 12.2. The fourth-order valence-electron chi connectivity index (χ4n) is 1.80. The maximum absolute atomic E-state index is 12.0. The molecule has 2 rings (SSSR count). The number of alkyl halides is 2. The van der Waals surface area contributed by atoms with Crippen LogP contribution in [0.15, 0.2) is 41.0 Å². The molecule has 2 aromatic rings. The summed E-state index contributed by atoms with van der Waals surface area (Å²) in [6, 6.07) is 5.99. The van der Waals surface area contributed by atoms with Crippen LogP contribution in [0.2, 0.25) is 0 Å². The monoisotopic (exact) mass is 385 g/mol. The zero-order chi connectivity index (χ0) is 16.8. The Morgan fingerprint density at radius 1 is 1.43 bits per heavy atom. The maximum Gasteiger partial charge on any atom is 0.387 e. The van der Waals surface area contributed by atoms with E-state index in [1.165, 1.54) is 18.2 Å². The average Bonchev–Trinajstić information content (AvgIpc) is 2.83. The molecule has 0 aliphatic rings. The molecule has 0 atom stereocenters. The molecule has 0 aliphatic carbocycles. The Kier molecular flexibility index (Phi) is 5.86. The third-order valence-electron chi connectivity index (χ3n) is 2.97. The van der Waals surface area contributed by atoms with Crippen molar-refractivity contribution in [1.82, 2.24) is 15.1 Å². The van der Waals surface area contributed by atoms with Crippen LogP contribution in [-0.2, 0) is 18.4 Å². The zero-order valence-corrected chi connectivity index (χ0v) is 13.8. The Bertz CT molecular complexity index is 680. The number of halogens is 3. The topological polar surface area (TPSA) is 56.2 Å². The lowest BCUT2D eigenvalue weighted by molar-refractivity contribution is -0.116. The SMILES string of the molecule is Cn1ncc(Br)c1CNC(=O)/C=C\c1ccc(OC(F)F)cc1. The van der Waals surface area contributed by atoms with Gasteiger partial charge in [-0.2, -0.15) is 13.9 Å². The second kappa shape index (κ2) is 7.87. The Morgan fingerprint density at radius 3 is 2.70 bits per heavy atom. The highest BCUT2D eigenvalue weighted by atomic mass is 79.9. The maximum atomic E-state index is 12.0. The first-order valence-corrected chi connectivity index (χ1v) is 7.42. The van der Waals surface area contributed by atoms with E-state index in [0.717, 1.165) is 10.2 Å². The molecular weight excluding hydrogens is 372 g/mol. The van der Waals surface area contributed by atoms with Crippen LogP contribution in [0.4, 0.5) is 8.78 Å². The number of carbonyl (C=O) groups is 1. The van der Waals surface area contributed by atoms with Crippen molar-refractivity contribution in [3.05, 3.63) is 52.3 Å². The van der Waals surface area contributed by atoms with Gasteiger partial charge < -0.3 is 10.1 Å². The molecule has 122 valence electrons. The van der Waals surface area contributed by atoms with Gasteiger partial charge >= 0.3 is 6.61 Å². The van der Waals surface area contributed by atoms with Crippen LogP contribution in [0, 0.1) is 0 Å². The van der Waals surface area contributed by atoms with E-state index in [2.05, 4.69) is 31.1 Å². The third-order valence-corrected chi connectivity index (χ3v) is 3.64. The van der Waals surface area contributed by atoms with Gasteiger partial charge in [-0.05, 0) is 39.7 Å². The van der Waals surface area contributed by atoms with Gasteiger partial charge in [-0.1, -0.05) is 12.1 Å². The number of aryl methyl sites for hydroxylation is 1. The van der Waals surface area contributed by atoms with E-state index in [1.54, 1.807) is 36.1 Å². The molecule has 0 spiro atoms. The van der Waals surface area contributed by atoms with Gasteiger partial charge in [0.05, 0.1) is 22.9 Å². The summed E-state index contributed by atoms with van der Waals surface area (Å²) in [5.41, 5.74) is 1.55. The van der Waals surface area contributed by atoms with Crippen LogP contribution in [-0.4, -0.2) is 22.3 Å². The van der Waals surface area contributed by atoms with Crippen molar-refractivity contribution < 1.29 is 18.3 Å². The lowest BCUT2D eigenvalue weighted by Gasteiger charge is -2.04. The first kappa shape index (κ1) is 17.1. The van der Waals surface area contributed by atoms with Crippen LogP contribution in [0.1, 0.15) is 11.3 Å². The Balaban J connectivity index is 1.88. The molecule has 0 saturated heterocycles. The molecular formula is C15H14BrF2N3O2. The van der Waals surface area contributed by atoms with Gasteiger partial charge in [-0.15, -0.1) is 0 Å². The van der Waals surface area contributed by atoms with Crippen LogP contribution >= 0.6 is 15.9 Å². The summed E-state index contributed by atoms with van der Waals surface area (Å²) in [5.74, 6) is -0.200. The number of nitrogens with zero attached hydrogens (tertiary/aromatic N) is 2. The van der Waals surface area contributed by atoms with Crippen molar-refractivity contribution in [2.24, 2.45) is 7.05 Å². The number of nitrogens with one attached hydrogen (secondary N) is 1. The Hall–Kier alpha value is -2.22. The predicted octanol–water partition coefficient (Wildman–Crippen LogP) is 3.11. The van der Waals surface area contributed by atoms with E-state index in [0.29, 0.717) is 12.1 Å². The standard InChI is InChI=1S/C15H14BrF2N3O2/c1-21-13(12(16)8-20-21)9-19-14(22)7-4-10-2-5-11(6-3-10)23-15(17)18/h2-8,15H,9H2,1H3,(H,19,22)/b7-4-. The highest BCUT2D eigenvalue weighted by Crippen LogP contribution is 2.16. The van der Waals surface area contributed by atoms with Crippen molar-refractivity contribution in [2.75, 3.05) is 0 Å². The van der Waals surface area contributed by atoms with Crippen molar-refractivity contribution in [1.29, 1.82) is 0 Å². The van der Waals surface area contributed by atoms with Crippen molar-refractivity contribution in [2.45, 2.75) is 13.2 Å². The molecule has 0 unspecified atom stereocenters. The molecule has 0 fully saturated rings.